The largest absolute Gasteiger partial charge is 0.457 e. The molecule has 2 heterocycles. The maximum absolute atomic E-state index is 10.7. The highest BCUT2D eigenvalue weighted by molar-refractivity contribution is 5.66. The highest BCUT2D eigenvalue weighted by Crippen LogP contribution is 2.28. The van der Waals surface area contributed by atoms with Crippen LogP contribution in [-0.4, -0.2) is 48.7 Å². The Morgan fingerprint density at radius 2 is 2.08 bits per heavy atom. The minimum atomic E-state index is -0.592. The van der Waals surface area contributed by atoms with Gasteiger partial charge in [-0.3, -0.25) is 4.79 Å². The lowest BCUT2D eigenvalue weighted by Gasteiger charge is -2.14. The van der Waals surface area contributed by atoms with Gasteiger partial charge in [-0.15, -0.1) is 0 Å². The van der Waals surface area contributed by atoms with E-state index in [1.165, 1.54) is 6.92 Å². The second kappa shape index (κ2) is 3.25. The summed E-state index contributed by atoms with van der Waals surface area (Å²) in [6, 6.07) is 0. The first kappa shape index (κ1) is 8.93. The van der Waals surface area contributed by atoms with Crippen LogP contribution in [0.5, 0.6) is 0 Å². The van der Waals surface area contributed by atoms with Crippen molar-refractivity contribution in [2.24, 2.45) is 0 Å². The standard InChI is InChI=1S/C8H12O5/c1-4(9)13-6-3-12-7-5(10)2-11-8(6)7/h5-8,10H,2-3H2,1H3/t5-,6+,7-,8?/m1/s1. The monoisotopic (exact) mass is 188 g/mol. The number of hydrogen-bond donors (Lipinski definition) is 1. The molecule has 0 aromatic rings. The predicted molar refractivity (Wildman–Crippen MR) is 41.0 cm³/mol. The second-order valence-electron chi connectivity index (χ2n) is 3.31. The lowest BCUT2D eigenvalue weighted by molar-refractivity contribution is -0.151. The molecule has 4 atom stereocenters. The molecule has 0 amide bonds. The van der Waals surface area contributed by atoms with Crippen LogP contribution in [-0.2, 0) is 19.0 Å². The lowest BCUT2D eigenvalue weighted by atomic mass is 10.1. The molecule has 5 heteroatoms. The zero-order chi connectivity index (χ0) is 9.42. The van der Waals surface area contributed by atoms with E-state index in [9.17, 15) is 9.90 Å². The molecule has 0 aromatic carbocycles. The van der Waals surface area contributed by atoms with Crippen molar-refractivity contribution in [3.05, 3.63) is 0 Å². The van der Waals surface area contributed by atoms with E-state index in [1.807, 2.05) is 0 Å². The van der Waals surface area contributed by atoms with Crippen molar-refractivity contribution >= 4 is 5.97 Å². The molecule has 74 valence electrons. The average molecular weight is 188 g/mol. The molecule has 2 fully saturated rings. The molecule has 0 bridgehead atoms. The lowest BCUT2D eigenvalue weighted by Crippen LogP contribution is -2.33. The molecule has 0 saturated carbocycles. The molecule has 0 aliphatic carbocycles. The summed E-state index contributed by atoms with van der Waals surface area (Å²) in [5.41, 5.74) is 0. The molecule has 13 heavy (non-hydrogen) atoms. The minimum absolute atomic E-state index is 0.257. The molecule has 2 aliphatic rings. The van der Waals surface area contributed by atoms with Gasteiger partial charge in [0, 0.05) is 6.92 Å². The molecule has 1 N–H and O–H groups in total. The molecule has 0 spiro atoms. The fraction of sp³-hybridized carbons (Fsp3) is 0.875. The van der Waals surface area contributed by atoms with Gasteiger partial charge in [-0.25, -0.2) is 0 Å². The Morgan fingerprint density at radius 3 is 2.77 bits per heavy atom. The van der Waals surface area contributed by atoms with Gasteiger partial charge in [-0.1, -0.05) is 0 Å². The van der Waals surface area contributed by atoms with Gasteiger partial charge < -0.3 is 19.3 Å². The first-order valence-corrected chi connectivity index (χ1v) is 4.27. The first-order valence-electron chi connectivity index (χ1n) is 4.27. The number of aliphatic hydroxyl groups excluding tert-OH is 1. The summed E-state index contributed by atoms with van der Waals surface area (Å²) in [5, 5.41) is 9.36. The Labute approximate surface area is 75.6 Å². The van der Waals surface area contributed by atoms with Crippen molar-refractivity contribution in [3.8, 4) is 0 Å². The normalized spacial score (nSPS) is 43.2. The van der Waals surface area contributed by atoms with Crippen LogP contribution in [0, 0.1) is 0 Å². The Kier molecular flexibility index (Phi) is 2.23. The summed E-state index contributed by atoms with van der Waals surface area (Å²) in [7, 11) is 0. The van der Waals surface area contributed by atoms with E-state index >= 15 is 0 Å². The van der Waals surface area contributed by atoms with E-state index in [1.54, 1.807) is 0 Å². The molecular weight excluding hydrogens is 176 g/mol. The first-order chi connectivity index (χ1) is 6.18. The summed E-state index contributed by atoms with van der Waals surface area (Å²) in [6.45, 7) is 1.91. The maximum atomic E-state index is 10.7. The Bertz CT molecular complexity index is 217. The molecule has 2 aliphatic heterocycles. The summed E-state index contributed by atoms with van der Waals surface area (Å²) < 4.78 is 15.5. The zero-order valence-corrected chi connectivity index (χ0v) is 7.30. The van der Waals surface area contributed by atoms with Crippen molar-refractivity contribution < 1.29 is 24.1 Å². The van der Waals surface area contributed by atoms with Gasteiger partial charge in [0.2, 0.25) is 0 Å². The summed E-state index contributed by atoms with van der Waals surface area (Å²) in [6.07, 6.45) is -1.58. The fourth-order valence-electron chi connectivity index (χ4n) is 1.76. The minimum Gasteiger partial charge on any atom is -0.457 e. The molecule has 1 unspecified atom stereocenters. The highest BCUT2D eigenvalue weighted by Gasteiger charge is 2.48. The van der Waals surface area contributed by atoms with Gasteiger partial charge in [-0.05, 0) is 0 Å². The van der Waals surface area contributed by atoms with E-state index in [-0.39, 0.29) is 30.9 Å². The quantitative estimate of drug-likeness (QED) is 0.539. The van der Waals surface area contributed by atoms with Gasteiger partial charge in [0.05, 0.1) is 13.2 Å². The van der Waals surface area contributed by atoms with Gasteiger partial charge in [-0.2, -0.15) is 0 Å². The predicted octanol–water partition coefficient (Wildman–Crippen LogP) is -0.923. The average Bonchev–Trinajstić information content (AvgIpc) is 2.56. The van der Waals surface area contributed by atoms with Crippen LogP contribution in [0.15, 0.2) is 0 Å². The van der Waals surface area contributed by atoms with Crippen LogP contribution in [0.4, 0.5) is 0 Å². The second-order valence-corrected chi connectivity index (χ2v) is 3.31. The Balaban J connectivity index is 1.98. The van der Waals surface area contributed by atoms with Crippen LogP contribution in [0.3, 0.4) is 0 Å². The number of carbonyl (C=O) groups excluding carboxylic acids is 1. The van der Waals surface area contributed by atoms with Gasteiger partial charge in [0.1, 0.15) is 18.3 Å². The number of ether oxygens (including phenoxy) is 3. The smallest absolute Gasteiger partial charge is 0.303 e. The summed E-state index contributed by atoms with van der Waals surface area (Å²) in [5.74, 6) is -0.348. The van der Waals surface area contributed by atoms with Gasteiger partial charge in [0.15, 0.2) is 6.10 Å². The Hall–Kier alpha value is -0.650. The van der Waals surface area contributed by atoms with E-state index in [4.69, 9.17) is 14.2 Å². The van der Waals surface area contributed by atoms with E-state index in [0.29, 0.717) is 6.61 Å². The van der Waals surface area contributed by atoms with Crippen LogP contribution in [0.1, 0.15) is 6.92 Å². The molecule has 2 saturated heterocycles. The fourth-order valence-corrected chi connectivity index (χ4v) is 1.76. The van der Waals surface area contributed by atoms with Crippen LogP contribution >= 0.6 is 0 Å². The zero-order valence-electron chi connectivity index (χ0n) is 7.30. The molecule has 2 rings (SSSR count). The van der Waals surface area contributed by atoms with Crippen LogP contribution in [0.25, 0.3) is 0 Å². The van der Waals surface area contributed by atoms with E-state index < -0.39 is 6.10 Å². The van der Waals surface area contributed by atoms with Crippen molar-refractivity contribution in [1.82, 2.24) is 0 Å². The molecular formula is C8H12O5. The highest BCUT2D eigenvalue weighted by atomic mass is 16.6. The van der Waals surface area contributed by atoms with Crippen molar-refractivity contribution in [1.29, 1.82) is 0 Å². The number of carbonyl (C=O) groups is 1. The van der Waals surface area contributed by atoms with Crippen molar-refractivity contribution in [2.45, 2.75) is 31.3 Å². The maximum Gasteiger partial charge on any atom is 0.303 e. The van der Waals surface area contributed by atoms with E-state index in [2.05, 4.69) is 0 Å². The Morgan fingerprint density at radius 1 is 1.38 bits per heavy atom. The van der Waals surface area contributed by atoms with Crippen molar-refractivity contribution in [2.75, 3.05) is 13.2 Å². The third-order valence-electron chi connectivity index (χ3n) is 2.30. The van der Waals surface area contributed by atoms with Crippen LogP contribution < -0.4 is 0 Å². The van der Waals surface area contributed by atoms with Gasteiger partial charge in [0.25, 0.3) is 0 Å². The number of hydrogen-bond acceptors (Lipinski definition) is 5. The summed E-state index contributed by atoms with van der Waals surface area (Å²) in [4.78, 5) is 10.7. The third-order valence-corrected chi connectivity index (χ3v) is 2.30. The SMILES string of the molecule is CC(=O)O[C@H]1CO[C@H]2C1OC[C@H]2O. The van der Waals surface area contributed by atoms with Gasteiger partial charge >= 0.3 is 5.97 Å². The number of esters is 1. The molecule has 0 radical (unpaired) electrons. The summed E-state index contributed by atoms with van der Waals surface area (Å²) >= 11 is 0. The van der Waals surface area contributed by atoms with E-state index in [0.717, 1.165) is 0 Å². The number of fused-ring (bicyclic) bond motifs is 1. The number of aliphatic hydroxyl groups is 1. The topological polar surface area (TPSA) is 65.0 Å². The van der Waals surface area contributed by atoms with Crippen molar-refractivity contribution in [3.63, 3.8) is 0 Å². The third kappa shape index (κ3) is 1.54. The molecule has 5 nitrogen and oxygen atoms in total. The van der Waals surface area contributed by atoms with Crippen LogP contribution in [0.2, 0.25) is 0 Å². The molecule has 0 aromatic heterocycles. The number of rotatable bonds is 1.